The number of hydrogen-bond donors (Lipinski definition) is 0. The van der Waals surface area contributed by atoms with Gasteiger partial charge in [0.15, 0.2) is 0 Å². The summed E-state index contributed by atoms with van der Waals surface area (Å²) in [6, 6.07) is 8.06. The lowest BCUT2D eigenvalue weighted by atomic mass is 10.3. The van der Waals surface area contributed by atoms with E-state index in [1.54, 1.807) is 0 Å². The molecular formula is C12H21NO. The Hall–Kier alpha value is -1.18. The molecule has 0 aliphatic carbocycles. The fourth-order valence-corrected chi connectivity index (χ4v) is 1.02. The van der Waals surface area contributed by atoms with E-state index in [-0.39, 0.29) is 0 Å². The summed E-state index contributed by atoms with van der Waals surface area (Å²) in [5.41, 5.74) is 1.17. The highest BCUT2D eigenvalue weighted by Crippen LogP contribution is 2.18. The normalized spacial score (nSPS) is 8.64. The van der Waals surface area contributed by atoms with Crippen molar-refractivity contribution in [2.45, 2.75) is 20.8 Å². The van der Waals surface area contributed by atoms with Crippen LogP contribution in [0.3, 0.4) is 0 Å². The summed E-state index contributed by atoms with van der Waals surface area (Å²) in [5, 5.41) is 0. The van der Waals surface area contributed by atoms with Gasteiger partial charge in [0.1, 0.15) is 5.75 Å². The maximum atomic E-state index is 5.37. The molecule has 0 unspecified atom stereocenters. The summed E-state index contributed by atoms with van der Waals surface area (Å²) in [6.45, 7) is 6.71. The lowest BCUT2D eigenvalue weighted by molar-refractivity contribution is 0.340. The van der Waals surface area contributed by atoms with Crippen LogP contribution in [0.4, 0.5) is 5.69 Å². The summed E-state index contributed by atoms with van der Waals surface area (Å²) >= 11 is 0. The molecule has 0 saturated carbocycles. The minimum atomic E-state index is 0.719. The first kappa shape index (κ1) is 12.8. The van der Waals surface area contributed by atoms with E-state index in [0.717, 1.165) is 12.4 Å². The van der Waals surface area contributed by atoms with Gasteiger partial charge in [-0.25, -0.2) is 0 Å². The summed E-state index contributed by atoms with van der Waals surface area (Å²) in [5.74, 6) is 0.934. The maximum absolute atomic E-state index is 5.37. The maximum Gasteiger partial charge on any atom is 0.121 e. The van der Waals surface area contributed by atoms with Gasteiger partial charge >= 0.3 is 0 Å². The molecule has 0 aliphatic heterocycles. The lowest BCUT2D eigenvalue weighted by Gasteiger charge is -2.13. The fraction of sp³-hybridized carbons (Fsp3) is 0.500. The Bertz CT molecular complexity index is 246. The number of anilines is 1. The predicted octanol–water partition coefficient (Wildman–Crippen LogP) is 3.18. The molecule has 80 valence electrons. The minimum absolute atomic E-state index is 0.719. The van der Waals surface area contributed by atoms with Crippen molar-refractivity contribution in [2.24, 2.45) is 0 Å². The molecule has 14 heavy (non-hydrogen) atoms. The Labute approximate surface area is 87.5 Å². The third kappa shape index (κ3) is 4.17. The summed E-state index contributed by atoms with van der Waals surface area (Å²) in [4.78, 5) is 2.06. The van der Waals surface area contributed by atoms with Crippen LogP contribution in [0.5, 0.6) is 5.75 Å². The van der Waals surface area contributed by atoms with Crippen LogP contribution >= 0.6 is 0 Å². The zero-order valence-electron chi connectivity index (χ0n) is 9.87. The van der Waals surface area contributed by atoms with Gasteiger partial charge in [0.05, 0.1) is 6.61 Å². The number of rotatable bonds is 3. The van der Waals surface area contributed by atoms with Crippen molar-refractivity contribution < 1.29 is 4.74 Å². The zero-order chi connectivity index (χ0) is 11.0. The van der Waals surface area contributed by atoms with Crippen LogP contribution in [0.2, 0.25) is 0 Å². The van der Waals surface area contributed by atoms with E-state index in [1.165, 1.54) is 5.69 Å². The van der Waals surface area contributed by atoms with E-state index >= 15 is 0 Å². The predicted molar refractivity (Wildman–Crippen MR) is 63.3 cm³/mol. The van der Waals surface area contributed by atoms with Gasteiger partial charge in [-0.05, 0) is 19.1 Å². The first-order valence-electron chi connectivity index (χ1n) is 5.14. The van der Waals surface area contributed by atoms with Crippen LogP contribution in [0.25, 0.3) is 0 Å². The molecule has 0 spiro atoms. The smallest absolute Gasteiger partial charge is 0.121 e. The Morgan fingerprint density at radius 3 is 2.36 bits per heavy atom. The molecule has 2 heteroatoms. The van der Waals surface area contributed by atoms with E-state index in [0.29, 0.717) is 0 Å². The molecule has 0 heterocycles. The Morgan fingerprint density at radius 2 is 1.86 bits per heavy atom. The molecule has 0 N–H and O–H groups in total. The second-order valence-electron chi connectivity index (χ2n) is 2.82. The van der Waals surface area contributed by atoms with Gasteiger partial charge in [0.25, 0.3) is 0 Å². The average molecular weight is 195 g/mol. The van der Waals surface area contributed by atoms with Gasteiger partial charge in [0.2, 0.25) is 0 Å². The molecule has 0 bridgehead atoms. The number of benzene rings is 1. The molecule has 0 aromatic heterocycles. The molecular weight excluding hydrogens is 174 g/mol. The first-order valence-corrected chi connectivity index (χ1v) is 5.14. The van der Waals surface area contributed by atoms with Crippen molar-refractivity contribution >= 4 is 5.69 Å². The van der Waals surface area contributed by atoms with Gasteiger partial charge in [-0.1, -0.05) is 19.9 Å². The van der Waals surface area contributed by atoms with E-state index in [4.69, 9.17) is 4.74 Å². The fourth-order valence-electron chi connectivity index (χ4n) is 1.02. The number of ether oxygens (including phenoxy) is 1. The van der Waals surface area contributed by atoms with Crippen molar-refractivity contribution in [3.05, 3.63) is 24.3 Å². The summed E-state index contributed by atoms with van der Waals surface area (Å²) in [7, 11) is 4.04. The van der Waals surface area contributed by atoms with Crippen molar-refractivity contribution in [2.75, 3.05) is 25.6 Å². The van der Waals surface area contributed by atoms with Crippen LogP contribution in [0.15, 0.2) is 24.3 Å². The Balaban J connectivity index is 0.000000791. The third-order valence-corrected chi connectivity index (χ3v) is 1.65. The van der Waals surface area contributed by atoms with E-state index in [2.05, 4.69) is 11.0 Å². The molecule has 1 aromatic rings. The number of nitrogens with zero attached hydrogens (tertiary/aromatic N) is 1. The minimum Gasteiger partial charge on any atom is -0.494 e. The number of hydrogen-bond acceptors (Lipinski definition) is 2. The highest BCUT2D eigenvalue weighted by Gasteiger charge is 1.96. The van der Waals surface area contributed by atoms with E-state index < -0.39 is 0 Å². The molecule has 0 amide bonds. The van der Waals surface area contributed by atoms with Crippen LogP contribution in [0.1, 0.15) is 20.8 Å². The van der Waals surface area contributed by atoms with Crippen molar-refractivity contribution in [3.63, 3.8) is 0 Å². The van der Waals surface area contributed by atoms with Crippen LogP contribution in [-0.2, 0) is 0 Å². The SMILES string of the molecule is CC.CCOc1cccc(N(C)C)c1. The van der Waals surface area contributed by atoms with Gasteiger partial charge in [-0.15, -0.1) is 0 Å². The van der Waals surface area contributed by atoms with Crippen molar-refractivity contribution in [1.82, 2.24) is 0 Å². The second-order valence-corrected chi connectivity index (χ2v) is 2.82. The van der Waals surface area contributed by atoms with Gasteiger partial charge < -0.3 is 9.64 Å². The Kier molecular flexibility index (Phi) is 6.63. The quantitative estimate of drug-likeness (QED) is 0.734. The van der Waals surface area contributed by atoms with Gasteiger partial charge in [-0.2, -0.15) is 0 Å². The van der Waals surface area contributed by atoms with Gasteiger partial charge in [0, 0.05) is 25.8 Å². The zero-order valence-corrected chi connectivity index (χ0v) is 9.87. The molecule has 0 atom stereocenters. The second kappa shape index (κ2) is 7.25. The van der Waals surface area contributed by atoms with Crippen LogP contribution in [0, 0.1) is 0 Å². The highest BCUT2D eigenvalue weighted by molar-refractivity contribution is 5.49. The topological polar surface area (TPSA) is 12.5 Å². The lowest BCUT2D eigenvalue weighted by Crippen LogP contribution is -2.08. The average Bonchev–Trinajstić information content (AvgIpc) is 2.22. The molecule has 1 aromatic carbocycles. The summed E-state index contributed by atoms with van der Waals surface area (Å²) in [6.07, 6.45) is 0. The highest BCUT2D eigenvalue weighted by atomic mass is 16.5. The van der Waals surface area contributed by atoms with Crippen molar-refractivity contribution in [3.8, 4) is 5.75 Å². The van der Waals surface area contributed by atoms with Crippen LogP contribution < -0.4 is 9.64 Å². The molecule has 1 rings (SSSR count). The molecule has 2 nitrogen and oxygen atoms in total. The summed E-state index contributed by atoms with van der Waals surface area (Å²) < 4.78 is 5.37. The Morgan fingerprint density at radius 1 is 1.21 bits per heavy atom. The first-order chi connectivity index (χ1) is 6.74. The van der Waals surface area contributed by atoms with Crippen molar-refractivity contribution in [1.29, 1.82) is 0 Å². The van der Waals surface area contributed by atoms with Gasteiger partial charge in [-0.3, -0.25) is 0 Å². The standard InChI is InChI=1S/C10H15NO.C2H6/c1-4-12-10-7-5-6-9(8-10)11(2)3;1-2/h5-8H,4H2,1-3H3;1-2H3. The van der Waals surface area contributed by atoms with E-state index in [9.17, 15) is 0 Å². The molecule has 0 aliphatic rings. The monoisotopic (exact) mass is 195 g/mol. The molecule has 0 radical (unpaired) electrons. The van der Waals surface area contributed by atoms with E-state index in [1.807, 2.05) is 53.1 Å². The third-order valence-electron chi connectivity index (χ3n) is 1.65. The largest absolute Gasteiger partial charge is 0.494 e. The molecule has 0 saturated heterocycles. The molecule has 0 fully saturated rings. The van der Waals surface area contributed by atoms with Crippen LogP contribution in [-0.4, -0.2) is 20.7 Å².